The Bertz CT molecular complexity index is 1370. The first kappa shape index (κ1) is 29.2. The van der Waals surface area contributed by atoms with Crippen LogP contribution in [0.15, 0.2) is 52.3 Å². The number of aliphatic carboxylic acids is 1. The van der Waals surface area contributed by atoms with Crippen molar-refractivity contribution in [2.24, 2.45) is 11.7 Å². The number of carboxylic acid groups (broad SMARTS) is 1. The smallest absolute Gasteiger partial charge is 0.340 e. The van der Waals surface area contributed by atoms with E-state index in [-0.39, 0.29) is 50.9 Å². The van der Waals surface area contributed by atoms with Crippen LogP contribution in [0.2, 0.25) is 0 Å². The Morgan fingerprint density at radius 2 is 1.71 bits per heavy atom. The third-order valence-electron chi connectivity index (χ3n) is 5.61. The van der Waals surface area contributed by atoms with Crippen LogP contribution < -0.4 is 20.1 Å². The van der Waals surface area contributed by atoms with Gasteiger partial charge in [-0.25, -0.2) is 13.9 Å². The molecule has 1 heterocycles. The van der Waals surface area contributed by atoms with Crippen LogP contribution in [0.4, 0.5) is 0 Å². The van der Waals surface area contributed by atoms with Crippen molar-refractivity contribution in [3.8, 4) is 11.5 Å². The normalized spacial score (nSPS) is 15.1. The van der Waals surface area contributed by atoms with Gasteiger partial charge in [0.25, 0.3) is 0 Å². The lowest BCUT2D eigenvalue weighted by Gasteiger charge is -2.29. The van der Waals surface area contributed by atoms with Gasteiger partial charge < -0.3 is 19.8 Å². The van der Waals surface area contributed by atoms with Gasteiger partial charge in [0.05, 0.1) is 19.1 Å². The Labute approximate surface area is 221 Å². The molecular formula is C23H30N4O9S2. The highest BCUT2D eigenvalue weighted by Gasteiger charge is 2.36. The lowest BCUT2D eigenvalue weighted by Crippen LogP contribution is -2.40. The molecule has 1 fully saturated rings. The van der Waals surface area contributed by atoms with E-state index in [1.807, 2.05) is 0 Å². The number of nitrogens with two attached hydrogens (primary N) is 1. The van der Waals surface area contributed by atoms with Crippen molar-refractivity contribution in [3.05, 3.63) is 48.0 Å². The predicted octanol–water partition coefficient (Wildman–Crippen LogP) is 1.43. The van der Waals surface area contributed by atoms with Gasteiger partial charge in [-0.1, -0.05) is 12.1 Å². The average molecular weight is 571 g/mol. The van der Waals surface area contributed by atoms with Crippen molar-refractivity contribution < 1.29 is 40.5 Å². The summed E-state index contributed by atoms with van der Waals surface area (Å²) in [5, 5.41) is 16.2. The van der Waals surface area contributed by atoms with Crippen molar-refractivity contribution in [1.29, 1.82) is 5.41 Å². The molecular weight excluding hydrogens is 540 g/mol. The first-order chi connectivity index (χ1) is 17.9. The highest BCUT2D eigenvalue weighted by atomic mass is 32.2. The summed E-state index contributed by atoms with van der Waals surface area (Å²) in [6.07, 6.45) is 0.703. The van der Waals surface area contributed by atoms with Gasteiger partial charge in [0.2, 0.25) is 16.0 Å². The van der Waals surface area contributed by atoms with Crippen molar-refractivity contribution >= 4 is 32.1 Å². The van der Waals surface area contributed by atoms with Crippen LogP contribution in [0.1, 0.15) is 24.8 Å². The molecule has 5 N–H and O–H groups in total. The summed E-state index contributed by atoms with van der Waals surface area (Å²) < 4.78 is 65.1. The molecule has 3 rings (SSSR count). The lowest BCUT2D eigenvalue weighted by molar-refractivity contribution is -0.142. The van der Waals surface area contributed by atoms with Crippen LogP contribution in [-0.2, 0) is 29.8 Å². The fourth-order valence-electron chi connectivity index (χ4n) is 3.82. The third kappa shape index (κ3) is 7.56. The van der Waals surface area contributed by atoms with E-state index in [2.05, 4.69) is 5.48 Å². The number of rotatable bonds is 12. The number of nitrogens with one attached hydrogen (secondary N) is 2. The zero-order chi connectivity index (χ0) is 27.9. The number of carbonyl (C=O) groups is 1. The largest absolute Gasteiger partial charge is 0.493 e. The molecule has 0 aromatic heterocycles. The number of ether oxygens (including phenoxy) is 1. The first-order valence-corrected chi connectivity index (χ1v) is 14.5. The predicted molar refractivity (Wildman–Crippen MR) is 136 cm³/mol. The summed E-state index contributed by atoms with van der Waals surface area (Å²) in [4.78, 5) is 15.2. The number of nitrogens with zero attached hydrogens (tertiary/aromatic N) is 1. The van der Waals surface area contributed by atoms with Crippen LogP contribution >= 0.6 is 0 Å². The van der Waals surface area contributed by atoms with Crippen molar-refractivity contribution in [3.63, 3.8) is 0 Å². The summed E-state index contributed by atoms with van der Waals surface area (Å²) in [5.74, 6) is -1.70. The number of hydrogen-bond acceptors (Lipinski definition) is 9. The lowest BCUT2D eigenvalue weighted by atomic mass is 9.99. The van der Waals surface area contributed by atoms with E-state index < -0.39 is 41.8 Å². The molecule has 13 nitrogen and oxygen atoms in total. The number of carboxylic acids is 1. The number of aryl methyl sites for hydroxylation is 1. The quantitative estimate of drug-likeness (QED) is 0.0946. The fourth-order valence-corrected chi connectivity index (χ4v) is 6.98. The van der Waals surface area contributed by atoms with Crippen molar-refractivity contribution in [2.45, 2.75) is 36.0 Å². The molecule has 1 aliphatic rings. The molecule has 0 radical (unpaired) electrons. The highest BCUT2D eigenvalue weighted by molar-refractivity contribution is 7.91. The summed E-state index contributed by atoms with van der Waals surface area (Å²) in [5.41, 5.74) is 7.95. The zero-order valence-electron chi connectivity index (χ0n) is 20.6. The Morgan fingerprint density at radius 1 is 1.08 bits per heavy atom. The van der Waals surface area contributed by atoms with Gasteiger partial charge in [-0.15, -0.1) is 0 Å². The molecule has 38 heavy (non-hydrogen) atoms. The van der Waals surface area contributed by atoms with Crippen molar-refractivity contribution in [2.75, 3.05) is 26.3 Å². The molecule has 0 saturated carbocycles. The topological polar surface area (TPSA) is 198 Å². The molecule has 1 saturated heterocycles. The number of piperidine rings is 1. The van der Waals surface area contributed by atoms with E-state index in [9.17, 15) is 26.7 Å². The minimum Gasteiger partial charge on any atom is -0.493 e. The summed E-state index contributed by atoms with van der Waals surface area (Å²) in [6, 6.07) is 9.64. The van der Waals surface area contributed by atoms with E-state index in [0.717, 1.165) is 10.4 Å². The van der Waals surface area contributed by atoms with Crippen LogP contribution in [0.25, 0.3) is 0 Å². The van der Waals surface area contributed by atoms with E-state index in [0.29, 0.717) is 17.7 Å². The third-order valence-corrected chi connectivity index (χ3v) is 9.00. The van der Waals surface area contributed by atoms with E-state index in [1.165, 1.54) is 30.3 Å². The minimum atomic E-state index is -4.58. The van der Waals surface area contributed by atoms with Gasteiger partial charge in [0, 0.05) is 25.6 Å². The Morgan fingerprint density at radius 3 is 2.34 bits per heavy atom. The molecule has 2 aromatic carbocycles. The molecule has 1 aliphatic heterocycles. The minimum absolute atomic E-state index is 0.0387. The first-order valence-electron chi connectivity index (χ1n) is 11.6. The number of benzene rings is 2. The monoisotopic (exact) mass is 570 g/mol. The summed E-state index contributed by atoms with van der Waals surface area (Å²) in [7, 11) is -8.82. The molecule has 0 atom stereocenters. The highest BCUT2D eigenvalue weighted by Crippen LogP contribution is 2.31. The van der Waals surface area contributed by atoms with Crippen LogP contribution in [0.5, 0.6) is 11.5 Å². The molecule has 0 unspecified atom stereocenters. The maximum atomic E-state index is 13.3. The van der Waals surface area contributed by atoms with Gasteiger partial charge in [-0.05, 0) is 49.6 Å². The molecule has 0 bridgehead atoms. The Hall–Kier alpha value is -3.40. The second-order valence-electron chi connectivity index (χ2n) is 8.55. The molecule has 15 heteroatoms. The number of hydrogen-bond donors (Lipinski definition) is 4. The van der Waals surface area contributed by atoms with Gasteiger partial charge in [0.15, 0.2) is 0 Å². The average Bonchev–Trinajstić information content (AvgIpc) is 2.85. The number of hydroxylamine groups is 1. The van der Waals surface area contributed by atoms with Gasteiger partial charge in [-0.2, -0.15) is 12.7 Å². The maximum absolute atomic E-state index is 13.3. The fraction of sp³-hybridized carbons (Fsp3) is 0.391. The molecule has 2 aromatic rings. The number of guanidine groups is 1. The second-order valence-corrected chi connectivity index (χ2v) is 12.0. The second kappa shape index (κ2) is 12.4. The van der Waals surface area contributed by atoms with Crippen LogP contribution in [-0.4, -0.2) is 64.5 Å². The summed E-state index contributed by atoms with van der Waals surface area (Å²) >= 11 is 0. The van der Waals surface area contributed by atoms with Crippen LogP contribution in [0.3, 0.4) is 0 Å². The van der Waals surface area contributed by atoms with E-state index in [4.69, 9.17) is 24.9 Å². The molecule has 0 amide bonds. The molecule has 208 valence electrons. The SMILES string of the molecule is Cc1cc(OCCCONC(=N)N)cc(OS(=O)(=O)c2ccccc2S(=O)(=O)N2CCC(C(=O)O)CC2)c1. The number of sulfonamides is 1. The summed E-state index contributed by atoms with van der Waals surface area (Å²) in [6.45, 7) is 2.06. The van der Waals surface area contributed by atoms with Crippen LogP contribution in [0, 0.1) is 18.3 Å². The van der Waals surface area contributed by atoms with Gasteiger partial charge in [0.1, 0.15) is 21.3 Å². The van der Waals surface area contributed by atoms with Crippen molar-refractivity contribution in [1.82, 2.24) is 9.79 Å². The standard InChI is InChI=1S/C23H30N4O9S2/c1-16-13-18(34-11-4-12-35-26-23(24)25)15-19(14-16)36-38(32,33)21-6-3-2-5-20(21)37(30,31)27-9-7-17(8-10-27)22(28)29/h2-3,5-6,13-15,17H,4,7-12H2,1H3,(H,28,29)(H4,24,25,26). The van der Waals surface area contributed by atoms with E-state index in [1.54, 1.807) is 13.0 Å². The maximum Gasteiger partial charge on any atom is 0.340 e. The molecule has 0 aliphatic carbocycles. The molecule has 0 spiro atoms. The van der Waals surface area contributed by atoms with E-state index >= 15 is 0 Å². The Kier molecular flexibility index (Phi) is 9.54. The van der Waals surface area contributed by atoms with Gasteiger partial charge in [-0.3, -0.25) is 15.0 Å². The van der Waals surface area contributed by atoms with Gasteiger partial charge >= 0.3 is 16.1 Å². The zero-order valence-corrected chi connectivity index (χ0v) is 22.3. The Balaban J connectivity index is 1.75.